The third kappa shape index (κ3) is 4.12. The minimum absolute atomic E-state index is 0.144. The van der Waals surface area contributed by atoms with Crippen LogP contribution < -0.4 is 15.4 Å². The second-order valence-corrected chi connectivity index (χ2v) is 8.93. The summed E-state index contributed by atoms with van der Waals surface area (Å²) < 4.78 is 5.54. The van der Waals surface area contributed by atoms with Crippen LogP contribution in [0.4, 0.5) is 5.69 Å². The normalized spacial score (nSPS) is 20.7. The Bertz CT molecular complexity index is 1190. The first-order valence-corrected chi connectivity index (χ1v) is 11.6. The highest BCUT2D eigenvalue weighted by Gasteiger charge is 2.45. The van der Waals surface area contributed by atoms with E-state index in [0.717, 1.165) is 29.5 Å². The molecule has 3 aromatic rings. The van der Waals surface area contributed by atoms with Gasteiger partial charge >= 0.3 is 0 Å². The van der Waals surface area contributed by atoms with Crippen molar-refractivity contribution in [3.63, 3.8) is 0 Å². The van der Waals surface area contributed by atoms with Crippen LogP contribution in [0.1, 0.15) is 40.8 Å². The van der Waals surface area contributed by atoms with Crippen LogP contribution in [-0.2, 0) is 6.54 Å². The molecule has 1 saturated heterocycles. The number of hydrogen-bond acceptors (Lipinski definition) is 4. The van der Waals surface area contributed by atoms with Crippen molar-refractivity contribution in [3.8, 4) is 11.8 Å². The standard InChI is InChI=1S/C27H26N4OS/c1-32-21-11-12-24-23(15-21)26-22(25(30-24)20-9-7-18(16-28)8-10-20)13-14-31(26)27(33)29-17-19-5-3-2-4-6-19/h2-12,15,22,25-26,30H,13-14,17H2,1H3,(H,29,33)/t22-,25+,26-/m1/s1. The van der Waals surface area contributed by atoms with Crippen LogP contribution in [0.5, 0.6) is 5.75 Å². The number of anilines is 1. The van der Waals surface area contributed by atoms with Gasteiger partial charge in [-0.3, -0.25) is 0 Å². The number of fused-ring (bicyclic) bond motifs is 3. The maximum Gasteiger partial charge on any atom is 0.169 e. The summed E-state index contributed by atoms with van der Waals surface area (Å²) in [5.41, 5.74) is 5.39. The zero-order valence-electron chi connectivity index (χ0n) is 18.5. The lowest BCUT2D eigenvalue weighted by Gasteiger charge is -2.41. The van der Waals surface area contributed by atoms with Crippen molar-refractivity contribution in [2.24, 2.45) is 5.92 Å². The van der Waals surface area contributed by atoms with Gasteiger partial charge in [-0.1, -0.05) is 42.5 Å². The number of hydrogen-bond donors (Lipinski definition) is 2. The van der Waals surface area contributed by atoms with Crippen LogP contribution in [0, 0.1) is 17.2 Å². The fraction of sp³-hybridized carbons (Fsp3) is 0.259. The van der Waals surface area contributed by atoms with Crippen molar-refractivity contribution in [1.29, 1.82) is 5.26 Å². The molecule has 0 radical (unpaired) electrons. The van der Waals surface area contributed by atoms with Crippen LogP contribution >= 0.6 is 12.2 Å². The van der Waals surface area contributed by atoms with Gasteiger partial charge in [-0.2, -0.15) is 5.26 Å². The van der Waals surface area contributed by atoms with E-state index < -0.39 is 0 Å². The number of methoxy groups -OCH3 is 1. The Labute approximate surface area is 200 Å². The fourth-order valence-electron chi connectivity index (χ4n) is 5.08. The largest absolute Gasteiger partial charge is 0.497 e. The zero-order chi connectivity index (χ0) is 22.8. The van der Waals surface area contributed by atoms with Gasteiger partial charge in [0.1, 0.15) is 5.75 Å². The first kappa shape index (κ1) is 21.3. The molecule has 2 heterocycles. The number of likely N-dealkylation sites (tertiary alicyclic amines) is 1. The molecule has 0 spiro atoms. The van der Waals surface area contributed by atoms with Gasteiger partial charge in [0.05, 0.1) is 30.8 Å². The molecule has 2 N–H and O–H groups in total. The van der Waals surface area contributed by atoms with Crippen LogP contribution in [0.2, 0.25) is 0 Å². The van der Waals surface area contributed by atoms with Crippen molar-refractivity contribution in [2.75, 3.05) is 19.0 Å². The average molecular weight is 455 g/mol. The van der Waals surface area contributed by atoms with Crippen LogP contribution in [0.3, 0.4) is 0 Å². The molecule has 0 aromatic heterocycles. The Morgan fingerprint density at radius 3 is 2.67 bits per heavy atom. The van der Waals surface area contributed by atoms with E-state index in [9.17, 15) is 5.26 Å². The number of nitriles is 1. The predicted molar refractivity (Wildman–Crippen MR) is 134 cm³/mol. The van der Waals surface area contributed by atoms with E-state index in [-0.39, 0.29) is 12.1 Å². The molecule has 0 amide bonds. The van der Waals surface area contributed by atoms with E-state index in [1.165, 1.54) is 16.7 Å². The van der Waals surface area contributed by atoms with Gasteiger partial charge in [0, 0.05) is 30.3 Å². The fourth-order valence-corrected chi connectivity index (χ4v) is 5.36. The van der Waals surface area contributed by atoms with E-state index in [4.69, 9.17) is 17.0 Å². The highest BCUT2D eigenvalue weighted by atomic mass is 32.1. The number of nitrogens with one attached hydrogen (secondary N) is 2. The van der Waals surface area contributed by atoms with Gasteiger partial charge < -0.3 is 20.3 Å². The number of rotatable bonds is 4. The van der Waals surface area contributed by atoms with Crippen molar-refractivity contribution < 1.29 is 4.74 Å². The Kier molecular flexibility index (Phi) is 5.89. The molecular weight excluding hydrogens is 428 g/mol. The molecular formula is C27H26N4OS. The molecule has 2 aliphatic rings. The van der Waals surface area contributed by atoms with Gasteiger partial charge in [0.2, 0.25) is 0 Å². The van der Waals surface area contributed by atoms with Gasteiger partial charge in [0.15, 0.2) is 5.11 Å². The topological polar surface area (TPSA) is 60.3 Å². The monoisotopic (exact) mass is 454 g/mol. The average Bonchev–Trinajstić information content (AvgIpc) is 3.33. The number of nitrogens with zero attached hydrogens (tertiary/aromatic N) is 2. The molecule has 3 aromatic carbocycles. The second kappa shape index (κ2) is 9.13. The third-order valence-electron chi connectivity index (χ3n) is 6.71. The number of benzene rings is 3. The van der Waals surface area contributed by atoms with Gasteiger partial charge in [-0.05, 0) is 60.1 Å². The van der Waals surface area contributed by atoms with Crippen LogP contribution in [-0.4, -0.2) is 23.7 Å². The van der Waals surface area contributed by atoms with E-state index in [0.29, 0.717) is 18.0 Å². The lowest BCUT2D eigenvalue weighted by Crippen LogP contribution is -2.42. The maximum atomic E-state index is 9.19. The summed E-state index contributed by atoms with van der Waals surface area (Å²) in [6.45, 7) is 1.59. The maximum absolute atomic E-state index is 9.19. The summed E-state index contributed by atoms with van der Waals surface area (Å²) in [6.07, 6.45) is 1.02. The quantitative estimate of drug-likeness (QED) is 0.531. The highest BCUT2D eigenvalue weighted by molar-refractivity contribution is 7.80. The molecule has 2 aliphatic heterocycles. The minimum Gasteiger partial charge on any atom is -0.497 e. The Morgan fingerprint density at radius 2 is 1.94 bits per heavy atom. The Hall–Kier alpha value is -3.56. The molecule has 0 unspecified atom stereocenters. The molecule has 5 rings (SSSR count). The molecule has 5 nitrogen and oxygen atoms in total. The van der Waals surface area contributed by atoms with Gasteiger partial charge in [-0.15, -0.1) is 0 Å². The molecule has 3 atom stereocenters. The van der Waals surface area contributed by atoms with Crippen LogP contribution in [0.15, 0.2) is 72.8 Å². The SMILES string of the molecule is COc1ccc2c(c1)[C@H]1[C@H](CCN1C(=S)NCc1ccccc1)[C@H](c1ccc(C#N)cc1)N2. The van der Waals surface area contributed by atoms with Crippen molar-refractivity contribution >= 4 is 23.0 Å². The minimum atomic E-state index is 0.144. The van der Waals surface area contributed by atoms with Gasteiger partial charge in [0.25, 0.3) is 0 Å². The van der Waals surface area contributed by atoms with E-state index in [1.54, 1.807) is 7.11 Å². The summed E-state index contributed by atoms with van der Waals surface area (Å²) in [5.74, 6) is 1.19. The number of ether oxygens (including phenoxy) is 1. The van der Waals surface area contributed by atoms with Crippen LogP contribution in [0.25, 0.3) is 0 Å². The molecule has 1 fully saturated rings. The molecule has 0 aliphatic carbocycles. The number of thiocarbonyl (C=S) groups is 1. The summed E-state index contributed by atoms with van der Waals surface area (Å²) in [4.78, 5) is 2.33. The second-order valence-electron chi connectivity index (χ2n) is 8.54. The van der Waals surface area contributed by atoms with E-state index in [2.05, 4.69) is 58.0 Å². The summed E-state index contributed by atoms with van der Waals surface area (Å²) in [5, 5.41) is 17.2. The third-order valence-corrected chi connectivity index (χ3v) is 7.09. The molecule has 33 heavy (non-hydrogen) atoms. The Balaban J connectivity index is 1.46. The molecule has 6 heteroatoms. The summed E-state index contributed by atoms with van der Waals surface area (Å²) in [6, 6.07) is 27.0. The van der Waals surface area contributed by atoms with Gasteiger partial charge in [-0.25, -0.2) is 0 Å². The summed E-state index contributed by atoms with van der Waals surface area (Å²) in [7, 11) is 1.70. The van der Waals surface area contributed by atoms with Crippen molar-refractivity contribution in [2.45, 2.75) is 25.0 Å². The molecule has 166 valence electrons. The molecule has 0 saturated carbocycles. The van der Waals surface area contributed by atoms with E-state index in [1.807, 2.05) is 36.4 Å². The first-order chi connectivity index (χ1) is 16.2. The lowest BCUT2D eigenvalue weighted by atomic mass is 9.80. The molecule has 0 bridgehead atoms. The van der Waals surface area contributed by atoms with Crippen molar-refractivity contribution in [1.82, 2.24) is 10.2 Å². The van der Waals surface area contributed by atoms with Crippen molar-refractivity contribution in [3.05, 3.63) is 95.1 Å². The zero-order valence-corrected chi connectivity index (χ0v) is 19.3. The predicted octanol–water partition coefficient (Wildman–Crippen LogP) is 5.17. The Morgan fingerprint density at radius 1 is 1.15 bits per heavy atom. The lowest BCUT2D eigenvalue weighted by molar-refractivity contribution is 0.300. The van der Waals surface area contributed by atoms with E-state index >= 15 is 0 Å². The first-order valence-electron chi connectivity index (χ1n) is 11.2. The summed E-state index contributed by atoms with van der Waals surface area (Å²) >= 11 is 5.89. The highest BCUT2D eigenvalue weighted by Crippen LogP contribution is 2.51. The smallest absolute Gasteiger partial charge is 0.169 e.